The maximum atomic E-state index is 5.75. The summed E-state index contributed by atoms with van der Waals surface area (Å²) in [7, 11) is 1.56. The highest BCUT2D eigenvalue weighted by Gasteiger charge is 2.16. The molecule has 1 saturated carbocycles. The van der Waals surface area contributed by atoms with E-state index in [2.05, 4.69) is 9.99 Å². The second kappa shape index (κ2) is 3.56. The lowest BCUT2D eigenvalue weighted by Gasteiger charge is -2.18. The number of rotatable bonds is 1. The van der Waals surface area contributed by atoms with Gasteiger partial charge in [0.15, 0.2) is 0 Å². The highest BCUT2D eigenvalue weighted by Crippen LogP contribution is 2.13. The molecular weight excluding hydrogens is 128 g/mol. The third-order valence-corrected chi connectivity index (χ3v) is 1.83. The fourth-order valence-electron chi connectivity index (χ4n) is 1.25. The van der Waals surface area contributed by atoms with Gasteiger partial charge in [-0.1, -0.05) is 11.6 Å². The van der Waals surface area contributed by atoms with Crippen molar-refractivity contribution in [1.82, 2.24) is 0 Å². The minimum absolute atomic E-state index is 0.147. The maximum absolute atomic E-state index is 5.75. The van der Waals surface area contributed by atoms with Crippen molar-refractivity contribution in [1.29, 1.82) is 0 Å². The Morgan fingerprint density at radius 1 is 1.60 bits per heavy atom. The van der Waals surface area contributed by atoms with Gasteiger partial charge < -0.3 is 10.6 Å². The van der Waals surface area contributed by atoms with Crippen LogP contribution in [-0.2, 0) is 4.84 Å². The van der Waals surface area contributed by atoms with Crippen molar-refractivity contribution in [3.63, 3.8) is 0 Å². The van der Waals surface area contributed by atoms with Gasteiger partial charge in [-0.05, 0) is 19.3 Å². The molecule has 0 aromatic heterocycles. The Balaban J connectivity index is 2.47. The Morgan fingerprint density at radius 3 is 3.00 bits per heavy atom. The lowest BCUT2D eigenvalue weighted by atomic mass is 9.94. The monoisotopic (exact) mass is 142 g/mol. The topological polar surface area (TPSA) is 47.6 Å². The van der Waals surface area contributed by atoms with Crippen molar-refractivity contribution in [2.75, 3.05) is 7.11 Å². The van der Waals surface area contributed by atoms with Gasteiger partial charge in [-0.15, -0.1) is 0 Å². The Bertz CT molecular complexity index is 134. The molecule has 0 aliphatic heterocycles. The quantitative estimate of drug-likeness (QED) is 0.553. The van der Waals surface area contributed by atoms with Crippen LogP contribution in [0.4, 0.5) is 0 Å². The number of hydrogen-bond donors (Lipinski definition) is 1. The molecule has 1 rings (SSSR count). The van der Waals surface area contributed by atoms with E-state index in [1.54, 1.807) is 7.11 Å². The van der Waals surface area contributed by atoms with Crippen molar-refractivity contribution >= 4 is 5.71 Å². The van der Waals surface area contributed by atoms with Crippen molar-refractivity contribution in [3.05, 3.63) is 0 Å². The molecule has 1 fully saturated rings. The fourth-order valence-corrected chi connectivity index (χ4v) is 1.25. The second-order valence-corrected chi connectivity index (χ2v) is 2.62. The van der Waals surface area contributed by atoms with E-state index in [4.69, 9.17) is 5.73 Å². The molecule has 0 aromatic carbocycles. The molecule has 3 nitrogen and oxygen atoms in total. The normalized spacial score (nSPS) is 30.6. The summed E-state index contributed by atoms with van der Waals surface area (Å²) >= 11 is 0. The minimum atomic E-state index is 0.147. The second-order valence-electron chi connectivity index (χ2n) is 2.62. The molecule has 0 aromatic rings. The van der Waals surface area contributed by atoms with E-state index in [9.17, 15) is 0 Å². The van der Waals surface area contributed by atoms with Crippen LogP contribution in [0.15, 0.2) is 5.16 Å². The molecule has 0 unspecified atom stereocenters. The van der Waals surface area contributed by atoms with Gasteiger partial charge in [0.25, 0.3) is 0 Å². The maximum Gasteiger partial charge on any atom is 0.106 e. The van der Waals surface area contributed by atoms with Crippen molar-refractivity contribution in [2.45, 2.75) is 31.7 Å². The van der Waals surface area contributed by atoms with Gasteiger partial charge in [0.2, 0.25) is 0 Å². The Hall–Kier alpha value is -0.570. The van der Waals surface area contributed by atoms with E-state index < -0.39 is 0 Å². The summed E-state index contributed by atoms with van der Waals surface area (Å²) in [5.41, 5.74) is 6.78. The molecule has 1 atom stereocenters. The molecule has 0 saturated heterocycles. The molecule has 0 heterocycles. The van der Waals surface area contributed by atoms with Crippen LogP contribution in [0.1, 0.15) is 25.7 Å². The van der Waals surface area contributed by atoms with Crippen LogP contribution in [0, 0.1) is 0 Å². The predicted molar refractivity (Wildman–Crippen MR) is 40.9 cm³/mol. The number of nitrogens with two attached hydrogens (primary N) is 1. The van der Waals surface area contributed by atoms with E-state index in [1.807, 2.05) is 0 Å². The summed E-state index contributed by atoms with van der Waals surface area (Å²) in [6.07, 6.45) is 4.50. The summed E-state index contributed by atoms with van der Waals surface area (Å²) in [6.45, 7) is 0. The van der Waals surface area contributed by atoms with Gasteiger partial charge in [0, 0.05) is 6.04 Å². The number of hydrogen-bond acceptors (Lipinski definition) is 3. The first-order valence-electron chi connectivity index (χ1n) is 3.70. The highest BCUT2D eigenvalue weighted by atomic mass is 16.6. The molecule has 10 heavy (non-hydrogen) atoms. The third-order valence-electron chi connectivity index (χ3n) is 1.83. The van der Waals surface area contributed by atoms with Crippen LogP contribution in [0.2, 0.25) is 0 Å². The van der Waals surface area contributed by atoms with E-state index in [1.165, 1.54) is 12.8 Å². The molecular formula is C7H14N2O. The van der Waals surface area contributed by atoms with Crippen LogP contribution >= 0.6 is 0 Å². The summed E-state index contributed by atoms with van der Waals surface area (Å²) in [5.74, 6) is 0. The first-order valence-corrected chi connectivity index (χ1v) is 3.70. The van der Waals surface area contributed by atoms with Crippen LogP contribution < -0.4 is 5.73 Å². The lowest BCUT2D eigenvalue weighted by Crippen LogP contribution is -2.33. The molecule has 0 radical (unpaired) electrons. The highest BCUT2D eigenvalue weighted by molar-refractivity contribution is 5.89. The van der Waals surface area contributed by atoms with Gasteiger partial charge in [0.05, 0.1) is 5.71 Å². The third kappa shape index (κ3) is 1.70. The molecule has 3 heteroatoms. The average Bonchev–Trinajstić information content (AvgIpc) is 1.94. The van der Waals surface area contributed by atoms with Crippen molar-refractivity contribution in [2.24, 2.45) is 10.9 Å². The van der Waals surface area contributed by atoms with Crippen LogP contribution in [0.5, 0.6) is 0 Å². The largest absolute Gasteiger partial charge is 0.399 e. The molecule has 1 aliphatic carbocycles. The van der Waals surface area contributed by atoms with Gasteiger partial charge in [0.1, 0.15) is 7.11 Å². The average molecular weight is 142 g/mol. The van der Waals surface area contributed by atoms with E-state index in [-0.39, 0.29) is 6.04 Å². The zero-order chi connectivity index (χ0) is 7.40. The van der Waals surface area contributed by atoms with E-state index in [0.717, 1.165) is 18.6 Å². The van der Waals surface area contributed by atoms with Gasteiger partial charge in [-0.25, -0.2) is 0 Å². The Labute approximate surface area is 61.2 Å². The van der Waals surface area contributed by atoms with Crippen LogP contribution in [-0.4, -0.2) is 18.9 Å². The zero-order valence-corrected chi connectivity index (χ0v) is 6.34. The zero-order valence-electron chi connectivity index (χ0n) is 6.34. The molecule has 0 spiro atoms. The van der Waals surface area contributed by atoms with E-state index >= 15 is 0 Å². The summed E-state index contributed by atoms with van der Waals surface area (Å²) < 4.78 is 0. The van der Waals surface area contributed by atoms with Crippen LogP contribution in [0.3, 0.4) is 0 Å². The molecule has 0 bridgehead atoms. The fraction of sp³-hybridized carbons (Fsp3) is 0.857. The van der Waals surface area contributed by atoms with E-state index in [0.29, 0.717) is 0 Å². The standard InChI is InChI=1S/C7H14N2O/c1-10-9-7-5-3-2-4-6(7)8/h6H,2-5,8H2,1H3/b9-7-/t6-/m0/s1. The summed E-state index contributed by atoms with van der Waals surface area (Å²) in [5, 5.41) is 3.86. The Morgan fingerprint density at radius 2 is 2.40 bits per heavy atom. The summed E-state index contributed by atoms with van der Waals surface area (Å²) in [6, 6.07) is 0.147. The van der Waals surface area contributed by atoms with Gasteiger partial charge >= 0.3 is 0 Å². The molecule has 1 aliphatic rings. The lowest BCUT2D eigenvalue weighted by molar-refractivity contribution is 0.210. The smallest absolute Gasteiger partial charge is 0.106 e. The van der Waals surface area contributed by atoms with Gasteiger partial charge in [-0.2, -0.15) is 0 Å². The molecule has 58 valence electrons. The first-order chi connectivity index (χ1) is 4.84. The Kier molecular flexibility index (Phi) is 2.68. The van der Waals surface area contributed by atoms with Crippen molar-refractivity contribution < 1.29 is 4.84 Å². The first kappa shape index (κ1) is 7.54. The molecule has 2 N–H and O–H groups in total. The predicted octanol–water partition coefficient (Wildman–Crippen LogP) is 0.890. The van der Waals surface area contributed by atoms with Crippen molar-refractivity contribution in [3.8, 4) is 0 Å². The molecule has 0 amide bonds. The summed E-state index contributed by atoms with van der Waals surface area (Å²) in [4.78, 5) is 4.66. The van der Waals surface area contributed by atoms with Crippen LogP contribution in [0.25, 0.3) is 0 Å². The number of nitrogens with zero attached hydrogens (tertiary/aromatic N) is 1. The SMILES string of the molecule is CO/N=C1/CCCC[C@@H]1N. The number of oxime groups is 1. The van der Waals surface area contributed by atoms with Gasteiger partial charge in [-0.3, -0.25) is 0 Å². The minimum Gasteiger partial charge on any atom is -0.399 e.